The zero-order chi connectivity index (χ0) is 22.2. The Morgan fingerprint density at radius 2 is 1.06 bits per heavy atom. The second-order valence-corrected chi connectivity index (χ2v) is 9.47. The summed E-state index contributed by atoms with van der Waals surface area (Å²) in [5, 5.41) is 4.00. The van der Waals surface area contributed by atoms with E-state index < -0.39 is 0 Å². The highest BCUT2D eigenvalue weighted by atomic mass is 16.1. The highest BCUT2D eigenvalue weighted by molar-refractivity contribution is 6.17. The van der Waals surface area contributed by atoms with Crippen LogP contribution in [-0.2, 0) is 0 Å². The van der Waals surface area contributed by atoms with Gasteiger partial charge in [0, 0.05) is 11.1 Å². The summed E-state index contributed by atoms with van der Waals surface area (Å²) < 4.78 is 0. The largest absolute Gasteiger partial charge is 0.294 e. The molecule has 0 radical (unpaired) electrons. The van der Waals surface area contributed by atoms with Crippen LogP contribution in [0.1, 0.15) is 60.2 Å². The van der Waals surface area contributed by atoms with E-state index in [9.17, 15) is 9.59 Å². The van der Waals surface area contributed by atoms with Crippen molar-refractivity contribution < 1.29 is 9.59 Å². The number of nitrogens with zero attached hydrogens (tertiary/aromatic N) is 2. The van der Waals surface area contributed by atoms with E-state index >= 15 is 0 Å². The average molecular weight is 429 g/mol. The molecule has 2 atom stereocenters. The Hall–Kier alpha value is -2.56. The molecule has 2 saturated heterocycles. The van der Waals surface area contributed by atoms with Crippen LogP contribution in [0.25, 0.3) is 21.5 Å². The van der Waals surface area contributed by atoms with Gasteiger partial charge in [-0.05, 0) is 99.4 Å². The Balaban J connectivity index is 1.58. The van der Waals surface area contributed by atoms with Gasteiger partial charge in [-0.1, -0.05) is 36.4 Å². The first-order valence-electron chi connectivity index (χ1n) is 12.1. The van der Waals surface area contributed by atoms with E-state index in [1.165, 1.54) is 25.7 Å². The molecular formula is C28H32N2O2. The smallest absolute Gasteiger partial charge is 0.180 e. The Morgan fingerprint density at radius 1 is 0.656 bits per heavy atom. The maximum atomic E-state index is 13.5. The van der Waals surface area contributed by atoms with E-state index in [1.807, 2.05) is 38.1 Å². The lowest BCUT2D eigenvalue weighted by molar-refractivity contribution is 0.0862. The fourth-order valence-electron chi connectivity index (χ4n) is 5.52. The minimum absolute atomic E-state index is 0.120. The lowest BCUT2D eigenvalue weighted by atomic mass is 9.91. The summed E-state index contributed by atoms with van der Waals surface area (Å²) >= 11 is 0. The summed E-state index contributed by atoms with van der Waals surface area (Å²) in [6.45, 7) is 8.03. The average Bonchev–Trinajstić information content (AvgIpc) is 3.55. The molecule has 4 nitrogen and oxygen atoms in total. The molecule has 4 heteroatoms. The Morgan fingerprint density at radius 3 is 1.47 bits per heavy atom. The molecule has 0 N–H and O–H groups in total. The highest BCUT2D eigenvalue weighted by Crippen LogP contribution is 2.30. The van der Waals surface area contributed by atoms with E-state index in [-0.39, 0.29) is 23.7 Å². The molecule has 3 aromatic rings. The number of carbonyl (C=O) groups is 2. The van der Waals surface area contributed by atoms with Crippen LogP contribution in [0.2, 0.25) is 0 Å². The summed E-state index contributed by atoms with van der Waals surface area (Å²) in [6.07, 6.45) is 4.66. The number of carbonyl (C=O) groups excluding carboxylic acids is 2. The Bertz CT molecular complexity index is 1080. The maximum Gasteiger partial charge on any atom is 0.180 e. The van der Waals surface area contributed by atoms with Crippen LogP contribution in [0.5, 0.6) is 0 Å². The van der Waals surface area contributed by atoms with Gasteiger partial charge in [0.2, 0.25) is 0 Å². The first kappa shape index (κ1) is 21.3. The van der Waals surface area contributed by atoms with Crippen molar-refractivity contribution in [1.29, 1.82) is 0 Å². The molecule has 2 aliphatic heterocycles. The number of hydrogen-bond acceptors (Lipinski definition) is 4. The SMILES string of the molecule is CC(C(=O)c1cccc2cc3cccc(C(=O)C(C)N4CCCC4)c3cc12)N1CCCC1. The zero-order valence-electron chi connectivity index (χ0n) is 19.1. The number of rotatable bonds is 6. The van der Waals surface area contributed by atoms with Crippen LogP contribution in [0.4, 0.5) is 0 Å². The van der Waals surface area contributed by atoms with Gasteiger partial charge in [-0.25, -0.2) is 0 Å². The summed E-state index contributed by atoms with van der Waals surface area (Å²) in [5.74, 6) is 0.345. The topological polar surface area (TPSA) is 40.6 Å². The molecule has 0 aromatic heterocycles. The third kappa shape index (κ3) is 3.76. The summed E-state index contributed by atoms with van der Waals surface area (Å²) in [6, 6.07) is 15.9. The van der Waals surface area contributed by atoms with E-state index in [2.05, 4.69) is 34.1 Å². The molecule has 2 heterocycles. The summed E-state index contributed by atoms with van der Waals surface area (Å²) in [4.78, 5) is 31.5. The van der Waals surface area contributed by atoms with Gasteiger partial charge in [0.25, 0.3) is 0 Å². The predicted octanol–water partition coefficient (Wildman–Crippen LogP) is 5.33. The van der Waals surface area contributed by atoms with Crippen LogP contribution in [0.3, 0.4) is 0 Å². The molecule has 0 aliphatic carbocycles. The van der Waals surface area contributed by atoms with Crippen molar-refractivity contribution >= 4 is 33.1 Å². The number of benzene rings is 3. The van der Waals surface area contributed by atoms with E-state index in [0.717, 1.165) is 58.9 Å². The van der Waals surface area contributed by atoms with Crippen molar-refractivity contribution in [3.8, 4) is 0 Å². The Labute approximate surface area is 190 Å². The van der Waals surface area contributed by atoms with Gasteiger partial charge >= 0.3 is 0 Å². The predicted molar refractivity (Wildman–Crippen MR) is 131 cm³/mol. The number of Topliss-reactive ketones (excluding diaryl/α,β-unsaturated/α-hetero) is 2. The monoisotopic (exact) mass is 428 g/mol. The van der Waals surface area contributed by atoms with Gasteiger partial charge in [0.15, 0.2) is 11.6 Å². The lowest BCUT2D eigenvalue weighted by Gasteiger charge is -2.24. The number of hydrogen-bond donors (Lipinski definition) is 0. The van der Waals surface area contributed by atoms with Gasteiger partial charge in [0.1, 0.15) is 0 Å². The zero-order valence-corrected chi connectivity index (χ0v) is 19.1. The third-order valence-corrected chi connectivity index (χ3v) is 7.55. The van der Waals surface area contributed by atoms with Gasteiger partial charge in [-0.2, -0.15) is 0 Å². The summed E-state index contributed by atoms with van der Waals surface area (Å²) in [7, 11) is 0. The number of fused-ring (bicyclic) bond motifs is 2. The van der Waals surface area contributed by atoms with Crippen molar-refractivity contribution in [2.45, 2.75) is 51.6 Å². The quantitative estimate of drug-likeness (QED) is 0.393. The standard InChI is InChI=1S/C28H32N2O2/c1-19(29-13-3-4-14-29)27(31)23-11-7-9-21-17-22-10-8-12-24(26(22)18-25(21)23)28(32)20(2)30-15-5-6-16-30/h7-12,17-20H,3-6,13-16H2,1-2H3. The van der Waals surface area contributed by atoms with Crippen LogP contribution in [0.15, 0.2) is 48.5 Å². The van der Waals surface area contributed by atoms with Crippen molar-refractivity contribution in [1.82, 2.24) is 9.80 Å². The molecule has 32 heavy (non-hydrogen) atoms. The molecule has 5 rings (SSSR count). The molecule has 166 valence electrons. The van der Waals surface area contributed by atoms with Crippen LogP contribution in [0, 0.1) is 0 Å². The van der Waals surface area contributed by atoms with Gasteiger partial charge in [-0.3, -0.25) is 19.4 Å². The first-order chi connectivity index (χ1) is 15.5. The number of ketones is 2. The molecule has 2 fully saturated rings. The Kier molecular flexibility index (Phi) is 5.83. The molecule has 0 bridgehead atoms. The number of likely N-dealkylation sites (tertiary alicyclic amines) is 2. The second-order valence-electron chi connectivity index (χ2n) is 9.47. The highest BCUT2D eigenvalue weighted by Gasteiger charge is 2.28. The molecule has 0 spiro atoms. The van der Waals surface area contributed by atoms with E-state index in [0.29, 0.717) is 0 Å². The minimum atomic E-state index is -0.120. The normalized spacial score (nSPS) is 19.6. The first-order valence-corrected chi connectivity index (χ1v) is 12.1. The van der Waals surface area contributed by atoms with Gasteiger partial charge in [0.05, 0.1) is 12.1 Å². The fourth-order valence-corrected chi connectivity index (χ4v) is 5.52. The lowest BCUT2D eigenvalue weighted by Crippen LogP contribution is -2.37. The van der Waals surface area contributed by atoms with E-state index in [4.69, 9.17) is 0 Å². The minimum Gasteiger partial charge on any atom is -0.294 e. The van der Waals surface area contributed by atoms with Crippen molar-refractivity contribution in [3.63, 3.8) is 0 Å². The second kappa shape index (κ2) is 8.76. The van der Waals surface area contributed by atoms with Crippen LogP contribution >= 0.6 is 0 Å². The maximum absolute atomic E-state index is 13.5. The van der Waals surface area contributed by atoms with Gasteiger partial charge < -0.3 is 0 Å². The van der Waals surface area contributed by atoms with Crippen molar-refractivity contribution in [2.24, 2.45) is 0 Å². The fraction of sp³-hybridized carbons (Fsp3) is 0.429. The van der Waals surface area contributed by atoms with Crippen LogP contribution in [-0.4, -0.2) is 59.6 Å². The van der Waals surface area contributed by atoms with Crippen molar-refractivity contribution in [3.05, 3.63) is 59.7 Å². The molecule has 3 aromatic carbocycles. The van der Waals surface area contributed by atoms with Crippen LogP contribution < -0.4 is 0 Å². The van der Waals surface area contributed by atoms with Gasteiger partial charge in [-0.15, -0.1) is 0 Å². The van der Waals surface area contributed by atoms with E-state index in [1.54, 1.807) is 0 Å². The molecular weight excluding hydrogens is 396 g/mol. The third-order valence-electron chi connectivity index (χ3n) is 7.55. The molecule has 2 unspecified atom stereocenters. The molecule has 0 amide bonds. The molecule has 0 saturated carbocycles. The molecule has 2 aliphatic rings. The summed E-state index contributed by atoms with van der Waals surface area (Å²) in [5.41, 5.74) is 1.53. The van der Waals surface area contributed by atoms with Crippen molar-refractivity contribution in [2.75, 3.05) is 26.2 Å².